The molecule has 0 aliphatic heterocycles. The molecule has 7 heteroatoms. The van der Waals surface area contributed by atoms with Gasteiger partial charge in [-0.05, 0) is 64.2 Å². The molecule has 0 fully saturated rings. The first-order chi connectivity index (χ1) is 19.4. The molecule has 2 N–H and O–H groups in total. The van der Waals surface area contributed by atoms with Gasteiger partial charge < -0.3 is 20.3 Å². The number of nitrogens with one attached hydrogen (secondary N) is 2. The van der Waals surface area contributed by atoms with Crippen LogP contribution in [-0.4, -0.2) is 47.0 Å². The van der Waals surface area contributed by atoms with Crippen molar-refractivity contribution in [2.45, 2.75) is 117 Å². The zero-order chi connectivity index (χ0) is 30.4. The molecular formula is C34H51N3O4. The number of ether oxygens (including phenoxy) is 1. The lowest BCUT2D eigenvalue weighted by molar-refractivity contribution is -0.142. The smallest absolute Gasteiger partial charge is 0.408 e. The number of hydrogen-bond acceptors (Lipinski definition) is 4. The Labute approximate surface area is 247 Å². The summed E-state index contributed by atoms with van der Waals surface area (Å²) in [5.74, 6) is -0.541. The minimum atomic E-state index is -0.910. The van der Waals surface area contributed by atoms with E-state index in [-0.39, 0.29) is 24.3 Å². The third-order valence-electron chi connectivity index (χ3n) is 6.75. The minimum absolute atomic E-state index is 0.0959. The van der Waals surface area contributed by atoms with E-state index in [0.717, 1.165) is 55.2 Å². The number of alkyl carbamates (subject to hydrolysis) is 1. The van der Waals surface area contributed by atoms with Crippen molar-refractivity contribution in [3.05, 3.63) is 71.3 Å². The molecular weight excluding hydrogens is 514 g/mol. The molecule has 0 saturated heterocycles. The largest absolute Gasteiger partial charge is 0.444 e. The molecule has 3 amide bonds. The Morgan fingerprint density at radius 2 is 1.46 bits per heavy atom. The Bertz CT molecular complexity index is 1080. The molecule has 2 aromatic carbocycles. The quantitative estimate of drug-likeness (QED) is 0.234. The average molecular weight is 566 g/mol. The topological polar surface area (TPSA) is 87.7 Å². The van der Waals surface area contributed by atoms with Gasteiger partial charge in [-0.2, -0.15) is 0 Å². The van der Waals surface area contributed by atoms with Crippen molar-refractivity contribution in [1.82, 2.24) is 15.5 Å². The van der Waals surface area contributed by atoms with Crippen LogP contribution in [0.3, 0.4) is 0 Å². The Morgan fingerprint density at radius 3 is 2.02 bits per heavy atom. The second-order valence-electron chi connectivity index (χ2n) is 12.0. The highest BCUT2D eigenvalue weighted by molar-refractivity contribution is 5.92. The van der Waals surface area contributed by atoms with Crippen LogP contribution < -0.4 is 10.6 Å². The zero-order valence-corrected chi connectivity index (χ0v) is 26.2. The van der Waals surface area contributed by atoms with Crippen molar-refractivity contribution in [2.75, 3.05) is 6.54 Å². The highest BCUT2D eigenvalue weighted by atomic mass is 16.6. The average Bonchev–Trinajstić information content (AvgIpc) is 2.91. The van der Waals surface area contributed by atoms with Crippen LogP contribution in [0.15, 0.2) is 54.6 Å². The predicted octanol–water partition coefficient (Wildman–Crippen LogP) is 6.75. The molecule has 2 atom stereocenters. The summed E-state index contributed by atoms with van der Waals surface area (Å²) in [7, 11) is 0. The van der Waals surface area contributed by atoms with Crippen LogP contribution in [0.5, 0.6) is 0 Å². The third kappa shape index (κ3) is 12.0. The molecule has 0 heterocycles. The van der Waals surface area contributed by atoms with Crippen LogP contribution in [0.2, 0.25) is 0 Å². The van der Waals surface area contributed by atoms with E-state index in [2.05, 4.69) is 24.5 Å². The van der Waals surface area contributed by atoms with Gasteiger partial charge in [-0.3, -0.25) is 9.59 Å². The Balaban J connectivity index is 2.53. The van der Waals surface area contributed by atoms with Gasteiger partial charge in [-0.1, -0.05) is 94.1 Å². The van der Waals surface area contributed by atoms with Crippen molar-refractivity contribution < 1.29 is 19.1 Å². The number of benzene rings is 2. The molecule has 0 aromatic heterocycles. The molecule has 7 nitrogen and oxygen atoms in total. The van der Waals surface area contributed by atoms with Gasteiger partial charge >= 0.3 is 6.09 Å². The number of hydrogen-bond donors (Lipinski definition) is 2. The summed E-state index contributed by atoms with van der Waals surface area (Å²) in [5, 5.41) is 5.86. The summed E-state index contributed by atoms with van der Waals surface area (Å²) in [6.45, 7) is 13.8. The summed E-state index contributed by atoms with van der Waals surface area (Å²) >= 11 is 0. The van der Waals surface area contributed by atoms with Crippen LogP contribution in [0, 0.1) is 0 Å². The van der Waals surface area contributed by atoms with Gasteiger partial charge in [0, 0.05) is 19.0 Å². The highest BCUT2D eigenvalue weighted by Crippen LogP contribution is 2.25. The number of carbonyl (C=O) groups excluding carboxylic acids is 3. The zero-order valence-electron chi connectivity index (χ0n) is 26.2. The minimum Gasteiger partial charge on any atom is -0.444 e. The Hall–Kier alpha value is -3.35. The molecule has 0 aliphatic rings. The summed E-state index contributed by atoms with van der Waals surface area (Å²) in [6, 6.07) is 15.6. The highest BCUT2D eigenvalue weighted by Gasteiger charge is 2.36. The fourth-order valence-electron chi connectivity index (χ4n) is 4.72. The van der Waals surface area contributed by atoms with Crippen LogP contribution in [0.4, 0.5) is 4.79 Å². The number of aryl methyl sites for hydroxylation is 1. The van der Waals surface area contributed by atoms with Gasteiger partial charge in [0.05, 0.1) is 0 Å². The summed E-state index contributed by atoms with van der Waals surface area (Å²) in [6.07, 6.45) is 5.51. The van der Waals surface area contributed by atoms with E-state index in [1.165, 1.54) is 0 Å². The van der Waals surface area contributed by atoms with Gasteiger partial charge in [0.2, 0.25) is 11.8 Å². The first-order valence-electron chi connectivity index (χ1n) is 15.2. The van der Waals surface area contributed by atoms with E-state index in [1.807, 2.05) is 68.4 Å². The maximum absolute atomic E-state index is 14.5. The molecule has 0 saturated carbocycles. The molecule has 0 bridgehead atoms. The lowest BCUT2D eigenvalue weighted by Crippen LogP contribution is -2.54. The van der Waals surface area contributed by atoms with E-state index in [4.69, 9.17) is 4.74 Å². The van der Waals surface area contributed by atoms with Gasteiger partial charge in [-0.25, -0.2) is 4.79 Å². The maximum Gasteiger partial charge on any atom is 0.408 e. The van der Waals surface area contributed by atoms with Gasteiger partial charge in [0.25, 0.3) is 0 Å². The van der Waals surface area contributed by atoms with Crippen LogP contribution in [-0.2, 0) is 27.2 Å². The summed E-state index contributed by atoms with van der Waals surface area (Å²) in [5.41, 5.74) is 2.09. The fraction of sp³-hybridized carbons (Fsp3) is 0.559. The van der Waals surface area contributed by atoms with E-state index in [0.29, 0.717) is 6.54 Å². The maximum atomic E-state index is 14.5. The lowest BCUT2D eigenvalue weighted by Gasteiger charge is -2.35. The normalized spacial score (nSPS) is 12.9. The van der Waals surface area contributed by atoms with E-state index in [9.17, 15) is 14.4 Å². The Morgan fingerprint density at radius 1 is 0.829 bits per heavy atom. The number of nitrogens with zero attached hydrogens (tertiary/aromatic N) is 1. The molecule has 0 aliphatic carbocycles. The standard InChI is InChI=1S/C34H51N3O4/c1-8-10-11-12-16-23-37(30(31(38)35-25(3)4)28-21-19-26(9-2)20-22-28)32(39)29(24-27-17-14-13-15-18-27)36-33(40)41-34(5,6)7/h13-15,17-22,25,29-30H,8-12,16,23-24H2,1-7H3,(H,35,38)(H,36,40). The number of carbonyl (C=O) groups is 3. The third-order valence-corrected chi connectivity index (χ3v) is 6.75. The SMILES string of the molecule is CCCCCCCN(C(=O)C(Cc1ccccc1)NC(=O)OC(C)(C)C)C(C(=O)NC(C)C)c1ccc(CC)cc1. The van der Waals surface area contributed by atoms with Crippen molar-refractivity contribution in [3.8, 4) is 0 Å². The lowest BCUT2D eigenvalue weighted by atomic mass is 9.98. The van der Waals surface area contributed by atoms with Crippen molar-refractivity contribution in [2.24, 2.45) is 0 Å². The van der Waals surface area contributed by atoms with Crippen molar-refractivity contribution in [1.29, 1.82) is 0 Å². The monoisotopic (exact) mass is 565 g/mol. The summed E-state index contributed by atoms with van der Waals surface area (Å²) < 4.78 is 5.53. The van der Waals surface area contributed by atoms with E-state index in [1.54, 1.807) is 25.7 Å². The number of amides is 3. The first-order valence-corrected chi connectivity index (χ1v) is 15.2. The van der Waals surface area contributed by atoms with Gasteiger partial charge in [-0.15, -0.1) is 0 Å². The molecule has 2 aromatic rings. The fourth-order valence-corrected chi connectivity index (χ4v) is 4.72. The molecule has 226 valence electrons. The van der Waals surface area contributed by atoms with E-state index < -0.39 is 23.8 Å². The second-order valence-corrected chi connectivity index (χ2v) is 12.0. The first kappa shape index (κ1) is 33.9. The number of unbranched alkanes of at least 4 members (excludes halogenated alkanes) is 4. The molecule has 0 radical (unpaired) electrons. The predicted molar refractivity (Wildman–Crippen MR) is 166 cm³/mol. The Kier molecular flexibility index (Phi) is 13.9. The van der Waals surface area contributed by atoms with Crippen LogP contribution >= 0.6 is 0 Å². The van der Waals surface area contributed by atoms with Gasteiger partial charge in [0.1, 0.15) is 17.7 Å². The van der Waals surface area contributed by atoms with Crippen LogP contribution in [0.25, 0.3) is 0 Å². The van der Waals surface area contributed by atoms with Crippen LogP contribution in [0.1, 0.15) is 103 Å². The molecule has 0 spiro atoms. The van der Waals surface area contributed by atoms with Crippen molar-refractivity contribution in [3.63, 3.8) is 0 Å². The second kappa shape index (κ2) is 16.8. The van der Waals surface area contributed by atoms with Crippen molar-refractivity contribution >= 4 is 17.9 Å². The van der Waals surface area contributed by atoms with Gasteiger partial charge in [0.15, 0.2) is 0 Å². The molecule has 2 rings (SSSR count). The molecule has 2 unspecified atom stereocenters. The van der Waals surface area contributed by atoms with E-state index >= 15 is 0 Å². The summed E-state index contributed by atoms with van der Waals surface area (Å²) in [4.78, 5) is 42.8. The molecule has 41 heavy (non-hydrogen) atoms. The number of rotatable bonds is 15.